The lowest BCUT2D eigenvalue weighted by molar-refractivity contribution is -0.117. The van der Waals surface area contributed by atoms with Crippen molar-refractivity contribution >= 4 is 40.2 Å². The number of anilines is 1. The highest BCUT2D eigenvalue weighted by Crippen LogP contribution is 2.33. The number of carbonyl (C=O) groups is 1. The number of fused-ring (bicyclic) bond motifs is 1. The maximum absolute atomic E-state index is 11.8. The smallest absolute Gasteiger partial charge is 0.236 e. The zero-order chi connectivity index (χ0) is 18.1. The van der Waals surface area contributed by atoms with Crippen LogP contribution >= 0.6 is 22.9 Å². The van der Waals surface area contributed by atoms with Crippen LogP contribution in [-0.2, 0) is 16.1 Å². The van der Waals surface area contributed by atoms with Crippen LogP contribution in [0.1, 0.15) is 29.5 Å². The summed E-state index contributed by atoms with van der Waals surface area (Å²) in [6, 6.07) is 14.2. The highest BCUT2D eigenvalue weighted by atomic mass is 127. The van der Waals surface area contributed by atoms with Crippen LogP contribution in [0.5, 0.6) is 5.75 Å². The van der Waals surface area contributed by atoms with Gasteiger partial charge in [0.2, 0.25) is 5.91 Å². The number of oxime groups is 1. The van der Waals surface area contributed by atoms with Crippen molar-refractivity contribution in [1.29, 1.82) is 0 Å². The molecular weight excluding hydrogens is 443 g/mol. The molecule has 0 saturated heterocycles. The predicted octanol–water partition coefficient (Wildman–Crippen LogP) is 4.20. The number of aryl methyl sites for hydroxylation is 2. The van der Waals surface area contributed by atoms with Gasteiger partial charge in [0.05, 0.1) is 34.3 Å². The number of carbonyl (C=O) groups excluding carboxylic acids is 1. The monoisotopic (exact) mass is 462 g/mol. The summed E-state index contributed by atoms with van der Waals surface area (Å²) in [7, 11) is 0. The van der Waals surface area contributed by atoms with E-state index in [1.165, 1.54) is 5.56 Å². The average molecular weight is 462 g/mol. The molecule has 0 bridgehead atoms. The van der Waals surface area contributed by atoms with Gasteiger partial charge in [-0.05, 0) is 42.7 Å². The summed E-state index contributed by atoms with van der Waals surface area (Å²) in [5.41, 5.74) is 5.38. The second kappa shape index (κ2) is 7.26. The van der Waals surface area contributed by atoms with Crippen LogP contribution in [0.15, 0.2) is 47.6 Å². The van der Waals surface area contributed by atoms with Crippen LogP contribution in [0, 0.1) is 6.92 Å². The van der Waals surface area contributed by atoms with E-state index < -0.39 is 0 Å². The third-order valence-corrected chi connectivity index (χ3v) is 5.70. The summed E-state index contributed by atoms with van der Waals surface area (Å²) in [5.74, 6) is 0.946. The van der Waals surface area contributed by atoms with Crippen molar-refractivity contribution in [3.8, 4) is 5.75 Å². The summed E-state index contributed by atoms with van der Waals surface area (Å²) in [5, 5.41) is 4.21. The molecule has 2 heterocycles. The van der Waals surface area contributed by atoms with Gasteiger partial charge in [-0.25, -0.2) is 0 Å². The molecular formula is C20H19IN2O3. The highest BCUT2D eigenvalue weighted by molar-refractivity contribution is 14.1. The molecule has 1 unspecified atom stereocenters. The molecule has 0 N–H and O–H groups in total. The number of rotatable bonds is 4. The average Bonchev–Trinajstić information content (AvgIpc) is 3.13. The molecule has 4 rings (SSSR count). The van der Waals surface area contributed by atoms with Gasteiger partial charge in [-0.2, -0.15) is 0 Å². The number of halogens is 1. The van der Waals surface area contributed by atoms with Gasteiger partial charge in [0.15, 0.2) is 6.10 Å². The number of hydrogen-bond donors (Lipinski definition) is 0. The topological polar surface area (TPSA) is 51.1 Å². The van der Waals surface area contributed by atoms with Crippen LogP contribution in [0.2, 0.25) is 0 Å². The normalized spacial score (nSPS) is 19.0. The molecule has 0 radical (unpaired) electrons. The maximum atomic E-state index is 11.8. The van der Waals surface area contributed by atoms with Gasteiger partial charge in [-0.1, -0.05) is 35.0 Å². The van der Waals surface area contributed by atoms with Crippen LogP contribution in [-0.4, -0.2) is 24.3 Å². The third kappa shape index (κ3) is 3.56. The number of ether oxygens (including phenoxy) is 1. The van der Waals surface area contributed by atoms with Crippen LogP contribution < -0.4 is 7.85 Å². The zero-order valence-corrected chi connectivity index (χ0v) is 16.6. The molecule has 134 valence electrons. The molecule has 2 aliphatic rings. The second-order valence-corrected chi connectivity index (χ2v) is 7.58. The Kier molecular flexibility index (Phi) is 4.84. The first-order chi connectivity index (χ1) is 12.6. The molecule has 0 fully saturated rings. The van der Waals surface area contributed by atoms with E-state index in [1.54, 1.807) is 3.11 Å². The molecule has 0 saturated carbocycles. The molecule has 0 spiro atoms. The Morgan fingerprint density at radius 1 is 1.23 bits per heavy atom. The van der Waals surface area contributed by atoms with Gasteiger partial charge in [0.25, 0.3) is 0 Å². The van der Waals surface area contributed by atoms with Crippen LogP contribution in [0.4, 0.5) is 5.69 Å². The largest absolute Gasteiger partial charge is 0.490 e. The lowest BCUT2D eigenvalue weighted by atomic mass is 10.0. The van der Waals surface area contributed by atoms with Crippen molar-refractivity contribution in [2.45, 2.75) is 32.3 Å². The van der Waals surface area contributed by atoms with Gasteiger partial charge in [-0.15, -0.1) is 0 Å². The van der Waals surface area contributed by atoms with E-state index in [1.807, 2.05) is 18.2 Å². The molecule has 2 aliphatic heterocycles. The van der Waals surface area contributed by atoms with Gasteiger partial charge < -0.3 is 9.57 Å². The summed E-state index contributed by atoms with van der Waals surface area (Å²) < 4.78 is 7.60. The Hall–Kier alpha value is -2.09. The van der Waals surface area contributed by atoms with Gasteiger partial charge in [0.1, 0.15) is 12.4 Å². The van der Waals surface area contributed by atoms with Crippen molar-refractivity contribution in [2.75, 3.05) is 9.72 Å². The molecule has 2 aromatic rings. The zero-order valence-electron chi connectivity index (χ0n) is 14.4. The lowest BCUT2D eigenvalue weighted by Gasteiger charge is -2.24. The van der Waals surface area contributed by atoms with Crippen LogP contribution in [0.3, 0.4) is 0 Å². The quantitative estimate of drug-likeness (QED) is 0.506. The number of hydrogen-bond acceptors (Lipinski definition) is 4. The summed E-state index contributed by atoms with van der Waals surface area (Å²) in [6.07, 6.45) is 1.96. The maximum Gasteiger partial charge on any atom is 0.236 e. The van der Waals surface area contributed by atoms with Gasteiger partial charge in [0, 0.05) is 12.8 Å². The fraction of sp³-hybridized carbons (Fsp3) is 0.300. The highest BCUT2D eigenvalue weighted by Gasteiger charge is 2.24. The summed E-state index contributed by atoms with van der Waals surface area (Å²) in [4.78, 5) is 17.3. The number of benzene rings is 2. The Bertz CT molecular complexity index is 864. The molecule has 0 aromatic heterocycles. The van der Waals surface area contributed by atoms with Crippen molar-refractivity contribution in [3.05, 3.63) is 59.2 Å². The minimum atomic E-state index is -0.0787. The summed E-state index contributed by atoms with van der Waals surface area (Å²) in [6.45, 7) is 2.52. The molecule has 2 aromatic carbocycles. The Morgan fingerprint density at radius 3 is 2.85 bits per heavy atom. The van der Waals surface area contributed by atoms with E-state index in [0.29, 0.717) is 13.0 Å². The van der Waals surface area contributed by atoms with Crippen molar-refractivity contribution in [3.63, 3.8) is 0 Å². The lowest BCUT2D eigenvalue weighted by Crippen LogP contribution is -2.25. The Morgan fingerprint density at radius 2 is 2.04 bits per heavy atom. The minimum absolute atomic E-state index is 0.0787. The number of nitrogens with zero attached hydrogens (tertiary/aromatic N) is 2. The molecule has 6 heteroatoms. The standard InChI is InChI=1S/C20H19IN2O3/c1-13-2-4-14(5-3-13)18-11-17(26-22-18)12-25-16-7-8-19-15(10-16)6-9-20(24)23(19)21/h2-5,7-8,10,17H,6,9,11-12H2,1H3. The first-order valence-electron chi connectivity index (χ1n) is 8.64. The van der Waals surface area contributed by atoms with E-state index in [0.717, 1.165) is 41.1 Å². The van der Waals surface area contributed by atoms with Crippen LogP contribution in [0.25, 0.3) is 0 Å². The van der Waals surface area contributed by atoms with E-state index in [2.05, 4.69) is 59.2 Å². The van der Waals surface area contributed by atoms with E-state index in [-0.39, 0.29) is 12.0 Å². The Balaban J connectivity index is 1.36. The number of amides is 1. The van der Waals surface area contributed by atoms with Gasteiger partial charge in [-0.3, -0.25) is 7.91 Å². The van der Waals surface area contributed by atoms with E-state index in [9.17, 15) is 4.79 Å². The van der Waals surface area contributed by atoms with E-state index >= 15 is 0 Å². The van der Waals surface area contributed by atoms with Gasteiger partial charge >= 0.3 is 0 Å². The molecule has 1 atom stereocenters. The predicted molar refractivity (Wildman–Crippen MR) is 109 cm³/mol. The summed E-state index contributed by atoms with van der Waals surface area (Å²) >= 11 is 2.06. The molecule has 5 nitrogen and oxygen atoms in total. The first-order valence-corrected chi connectivity index (χ1v) is 9.61. The van der Waals surface area contributed by atoms with Crippen molar-refractivity contribution in [2.24, 2.45) is 5.16 Å². The third-order valence-electron chi connectivity index (χ3n) is 4.64. The second-order valence-electron chi connectivity index (χ2n) is 6.61. The fourth-order valence-corrected chi connectivity index (χ4v) is 3.85. The fourth-order valence-electron chi connectivity index (χ4n) is 3.14. The molecule has 26 heavy (non-hydrogen) atoms. The Labute approximate surface area is 166 Å². The van der Waals surface area contributed by atoms with E-state index in [4.69, 9.17) is 9.57 Å². The first kappa shape index (κ1) is 17.3. The molecule has 0 aliphatic carbocycles. The SMILES string of the molecule is Cc1ccc(C2=NOC(COc3ccc4c(c3)CCC(=O)N4I)C2)cc1. The minimum Gasteiger partial charge on any atom is -0.490 e. The molecule has 1 amide bonds. The van der Waals surface area contributed by atoms with Crippen molar-refractivity contribution < 1.29 is 14.4 Å². The van der Waals surface area contributed by atoms with Crippen molar-refractivity contribution in [1.82, 2.24) is 0 Å².